The highest BCUT2D eigenvalue weighted by molar-refractivity contribution is 6.36. The van der Waals surface area contributed by atoms with Crippen LogP contribution in [0.5, 0.6) is 0 Å². The van der Waals surface area contributed by atoms with Gasteiger partial charge in [-0.2, -0.15) is 0 Å². The lowest BCUT2D eigenvalue weighted by Gasteiger charge is -2.01. The van der Waals surface area contributed by atoms with E-state index in [1.54, 1.807) is 17.8 Å². The Kier molecular flexibility index (Phi) is 2.04. The van der Waals surface area contributed by atoms with Crippen LogP contribution in [0.1, 0.15) is 10.5 Å². The topological polar surface area (TPSA) is 80.9 Å². The van der Waals surface area contributed by atoms with Crippen molar-refractivity contribution in [3.8, 4) is 0 Å². The lowest BCUT2D eigenvalue weighted by molar-refractivity contribution is 0.0996. The number of H-pyrrole nitrogens is 1. The lowest BCUT2D eigenvalue weighted by Crippen LogP contribution is -2.19. The van der Waals surface area contributed by atoms with E-state index in [2.05, 4.69) is 4.98 Å². The van der Waals surface area contributed by atoms with E-state index >= 15 is 0 Å². The maximum absolute atomic E-state index is 11.2. The molecule has 3 N–H and O–H groups in total. The SMILES string of the molecule is Cn1cc(Cl)c2cc(=O)[nH]c(C(N)=O)c21. The van der Waals surface area contributed by atoms with Crippen molar-refractivity contribution in [2.45, 2.75) is 0 Å². The molecule has 0 spiro atoms. The molecule has 0 aromatic carbocycles. The van der Waals surface area contributed by atoms with E-state index in [4.69, 9.17) is 17.3 Å². The minimum absolute atomic E-state index is 0.0758. The minimum Gasteiger partial charge on any atom is -0.364 e. The van der Waals surface area contributed by atoms with Crippen LogP contribution in [-0.4, -0.2) is 15.5 Å². The van der Waals surface area contributed by atoms with Crippen LogP contribution in [0.2, 0.25) is 5.02 Å². The molecular weight excluding hydrogens is 218 g/mol. The molecule has 0 bridgehead atoms. The number of primary amides is 1. The lowest BCUT2D eigenvalue weighted by atomic mass is 10.2. The molecule has 2 rings (SSSR count). The summed E-state index contributed by atoms with van der Waals surface area (Å²) >= 11 is 5.90. The second-order valence-corrected chi connectivity index (χ2v) is 3.63. The predicted octanol–water partition coefficient (Wildman–Crippen LogP) is 0.619. The van der Waals surface area contributed by atoms with Crippen LogP contribution in [0.4, 0.5) is 0 Å². The van der Waals surface area contributed by atoms with Crippen LogP contribution in [0, 0.1) is 0 Å². The van der Waals surface area contributed by atoms with E-state index in [9.17, 15) is 9.59 Å². The summed E-state index contributed by atoms with van der Waals surface area (Å²) in [6, 6.07) is 1.34. The highest BCUT2D eigenvalue weighted by Crippen LogP contribution is 2.24. The summed E-state index contributed by atoms with van der Waals surface area (Å²) in [6.45, 7) is 0. The first-order chi connectivity index (χ1) is 7.00. The molecule has 6 heteroatoms. The van der Waals surface area contributed by atoms with Gasteiger partial charge in [-0.1, -0.05) is 11.6 Å². The molecule has 0 fully saturated rings. The van der Waals surface area contributed by atoms with E-state index in [1.165, 1.54) is 6.07 Å². The average molecular weight is 226 g/mol. The van der Waals surface area contributed by atoms with Gasteiger partial charge in [0, 0.05) is 24.7 Å². The molecule has 0 saturated carbocycles. The predicted molar refractivity (Wildman–Crippen MR) is 57.1 cm³/mol. The highest BCUT2D eigenvalue weighted by Gasteiger charge is 2.14. The van der Waals surface area contributed by atoms with Crippen molar-refractivity contribution in [1.82, 2.24) is 9.55 Å². The number of nitrogens with two attached hydrogens (primary N) is 1. The number of halogens is 1. The molecule has 2 aromatic rings. The fraction of sp³-hybridized carbons (Fsp3) is 0.111. The van der Waals surface area contributed by atoms with Gasteiger partial charge in [-0.3, -0.25) is 9.59 Å². The average Bonchev–Trinajstić information content (AvgIpc) is 2.41. The number of aryl methyl sites for hydroxylation is 1. The van der Waals surface area contributed by atoms with Gasteiger partial charge in [0.2, 0.25) is 5.56 Å². The van der Waals surface area contributed by atoms with Crippen LogP contribution >= 0.6 is 11.6 Å². The monoisotopic (exact) mass is 225 g/mol. The smallest absolute Gasteiger partial charge is 0.267 e. The number of hydrogen-bond donors (Lipinski definition) is 2. The Labute approximate surface area is 89.4 Å². The summed E-state index contributed by atoms with van der Waals surface area (Å²) in [4.78, 5) is 24.8. The molecule has 5 nitrogen and oxygen atoms in total. The summed E-state index contributed by atoms with van der Waals surface area (Å²) in [5.74, 6) is -0.685. The van der Waals surface area contributed by atoms with Crippen LogP contribution in [0.15, 0.2) is 17.1 Å². The second kappa shape index (κ2) is 3.13. The normalized spacial score (nSPS) is 10.8. The molecule has 0 aliphatic carbocycles. The second-order valence-electron chi connectivity index (χ2n) is 3.22. The molecule has 1 amide bonds. The van der Waals surface area contributed by atoms with Gasteiger partial charge in [-0.05, 0) is 0 Å². The largest absolute Gasteiger partial charge is 0.364 e. The number of pyridine rings is 1. The Hall–Kier alpha value is -1.75. The van der Waals surface area contributed by atoms with Crippen molar-refractivity contribution in [2.75, 3.05) is 0 Å². The third-order valence-corrected chi connectivity index (χ3v) is 2.48. The zero-order valence-electron chi connectivity index (χ0n) is 7.87. The van der Waals surface area contributed by atoms with Gasteiger partial charge in [0.25, 0.3) is 5.91 Å². The molecule has 78 valence electrons. The van der Waals surface area contributed by atoms with E-state index < -0.39 is 11.5 Å². The first-order valence-electron chi connectivity index (χ1n) is 4.18. The molecule has 2 heterocycles. The van der Waals surface area contributed by atoms with Gasteiger partial charge < -0.3 is 15.3 Å². The van der Waals surface area contributed by atoms with Crippen LogP contribution in [-0.2, 0) is 7.05 Å². The summed E-state index contributed by atoms with van der Waals surface area (Å²) in [5, 5.41) is 0.942. The Morgan fingerprint density at radius 3 is 2.87 bits per heavy atom. The number of rotatable bonds is 1. The Morgan fingerprint density at radius 1 is 1.60 bits per heavy atom. The summed E-state index contributed by atoms with van der Waals surface area (Å²) < 4.78 is 1.65. The number of carbonyl (C=O) groups is 1. The molecule has 0 aliphatic heterocycles. The Bertz CT molecular complexity index is 612. The van der Waals surface area contributed by atoms with Gasteiger partial charge in [-0.15, -0.1) is 0 Å². The molecule has 0 saturated heterocycles. The zero-order valence-corrected chi connectivity index (χ0v) is 8.63. The molecule has 0 radical (unpaired) electrons. The first-order valence-corrected chi connectivity index (χ1v) is 4.56. The molecule has 0 aliphatic rings. The van der Waals surface area contributed by atoms with Crippen molar-refractivity contribution in [3.63, 3.8) is 0 Å². The van der Waals surface area contributed by atoms with Crippen molar-refractivity contribution in [2.24, 2.45) is 12.8 Å². The summed E-state index contributed by atoms with van der Waals surface area (Å²) in [6.07, 6.45) is 1.62. The fourth-order valence-corrected chi connectivity index (χ4v) is 1.87. The van der Waals surface area contributed by atoms with Crippen molar-refractivity contribution < 1.29 is 4.79 Å². The van der Waals surface area contributed by atoms with E-state index in [0.29, 0.717) is 15.9 Å². The first kappa shape index (κ1) is 9.79. The zero-order chi connectivity index (χ0) is 11.2. The number of aromatic amines is 1. The fourth-order valence-electron chi connectivity index (χ4n) is 1.58. The quantitative estimate of drug-likeness (QED) is 0.746. The van der Waals surface area contributed by atoms with Gasteiger partial charge in [0.1, 0.15) is 5.69 Å². The number of fused-ring (bicyclic) bond motifs is 1. The number of amides is 1. The van der Waals surface area contributed by atoms with Crippen LogP contribution < -0.4 is 11.3 Å². The molecule has 2 aromatic heterocycles. The van der Waals surface area contributed by atoms with Gasteiger partial charge in [-0.25, -0.2) is 0 Å². The number of carbonyl (C=O) groups excluding carboxylic acids is 1. The molecule has 0 unspecified atom stereocenters. The van der Waals surface area contributed by atoms with E-state index in [0.717, 1.165) is 0 Å². The minimum atomic E-state index is -0.685. The van der Waals surface area contributed by atoms with Gasteiger partial charge in [0.05, 0.1) is 10.5 Å². The number of nitrogens with one attached hydrogen (secondary N) is 1. The third kappa shape index (κ3) is 1.41. The number of aromatic nitrogens is 2. The van der Waals surface area contributed by atoms with Crippen LogP contribution in [0.3, 0.4) is 0 Å². The van der Waals surface area contributed by atoms with Gasteiger partial charge in [0.15, 0.2) is 0 Å². The maximum Gasteiger partial charge on any atom is 0.267 e. The Morgan fingerprint density at radius 2 is 2.27 bits per heavy atom. The molecule has 0 atom stereocenters. The summed E-state index contributed by atoms with van der Waals surface area (Å²) in [7, 11) is 1.72. The van der Waals surface area contributed by atoms with Gasteiger partial charge >= 0.3 is 0 Å². The van der Waals surface area contributed by atoms with Crippen molar-refractivity contribution >= 4 is 28.4 Å². The third-order valence-electron chi connectivity index (χ3n) is 2.18. The van der Waals surface area contributed by atoms with E-state index in [1.807, 2.05) is 0 Å². The Balaban J connectivity index is 3.02. The van der Waals surface area contributed by atoms with Crippen molar-refractivity contribution in [1.29, 1.82) is 0 Å². The standard InChI is InChI=1S/C9H8ClN3O2/c1-13-3-5(10)4-2-6(14)12-7(8(4)13)9(11)15/h2-3H,1H3,(H2,11,15)(H,12,14). The highest BCUT2D eigenvalue weighted by atomic mass is 35.5. The molecule has 15 heavy (non-hydrogen) atoms. The number of hydrogen-bond acceptors (Lipinski definition) is 2. The molecular formula is C9H8ClN3O2. The van der Waals surface area contributed by atoms with Crippen LogP contribution in [0.25, 0.3) is 10.9 Å². The van der Waals surface area contributed by atoms with Crippen molar-refractivity contribution in [3.05, 3.63) is 33.3 Å². The summed E-state index contributed by atoms with van der Waals surface area (Å²) in [5.41, 5.74) is 5.37. The van der Waals surface area contributed by atoms with E-state index in [-0.39, 0.29) is 5.69 Å². The number of nitrogens with zero attached hydrogens (tertiary/aromatic N) is 1. The maximum atomic E-state index is 11.2.